The molecule has 0 heterocycles. The first-order chi connectivity index (χ1) is 8.67. The lowest BCUT2D eigenvalue weighted by Gasteiger charge is -2.24. The van der Waals surface area contributed by atoms with Gasteiger partial charge < -0.3 is 0 Å². The maximum atomic E-state index is 13.1. The maximum Gasteiger partial charge on any atom is 0.141 e. The Labute approximate surface area is 112 Å². The predicted molar refractivity (Wildman–Crippen MR) is 70.5 cm³/mol. The van der Waals surface area contributed by atoms with Crippen molar-refractivity contribution in [2.45, 2.75) is 31.7 Å². The van der Waals surface area contributed by atoms with Gasteiger partial charge in [-0.25, -0.2) is 4.39 Å². The lowest BCUT2D eigenvalue weighted by molar-refractivity contribution is 0.336. The fourth-order valence-corrected chi connectivity index (χ4v) is 3.58. The minimum absolute atomic E-state index is 0.192. The van der Waals surface area contributed by atoms with Crippen molar-refractivity contribution in [3.63, 3.8) is 0 Å². The van der Waals surface area contributed by atoms with Crippen LogP contribution in [0.4, 0.5) is 4.39 Å². The molecule has 0 spiro atoms. The lowest BCUT2D eigenvalue weighted by Crippen LogP contribution is -2.42. The van der Waals surface area contributed by atoms with E-state index < -0.39 is 0 Å². The molecule has 18 heavy (non-hydrogen) atoms. The zero-order valence-electron chi connectivity index (χ0n) is 10.2. The van der Waals surface area contributed by atoms with E-state index in [1.54, 1.807) is 12.1 Å². The summed E-state index contributed by atoms with van der Waals surface area (Å²) in [6, 6.07) is 5.20. The number of hydrogen-bond acceptors (Lipinski definition) is 2. The summed E-state index contributed by atoms with van der Waals surface area (Å²) in [6.07, 6.45) is 4.81. The first-order valence-corrected chi connectivity index (χ1v) is 6.95. The molecule has 2 nitrogen and oxygen atoms in total. The minimum atomic E-state index is -0.361. The third-order valence-corrected chi connectivity index (χ3v) is 4.79. The van der Waals surface area contributed by atoms with Crippen LogP contribution in [0.5, 0.6) is 0 Å². The van der Waals surface area contributed by atoms with Crippen LogP contribution in [0, 0.1) is 23.6 Å². The third-order valence-electron chi connectivity index (χ3n) is 4.50. The van der Waals surface area contributed by atoms with Crippen LogP contribution in [0.15, 0.2) is 18.2 Å². The van der Waals surface area contributed by atoms with Crippen LogP contribution in [0.2, 0.25) is 5.02 Å². The zero-order chi connectivity index (χ0) is 12.7. The van der Waals surface area contributed by atoms with Crippen LogP contribution < -0.4 is 11.3 Å². The summed E-state index contributed by atoms with van der Waals surface area (Å²) in [4.78, 5) is 0. The van der Waals surface area contributed by atoms with Gasteiger partial charge in [0.05, 0.1) is 5.02 Å². The highest BCUT2D eigenvalue weighted by atomic mass is 35.5. The molecule has 0 amide bonds. The second-order valence-electron chi connectivity index (χ2n) is 5.71. The highest BCUT2D eigenvalue weighted by molar-refractivity contribution is 6.30. The largest absolute Gasteiger partial charge is 0.271 e. The number of hydrazine groups is 1. The molecule has 0 radical (unpaired) electrons. The van der Waals surface area contributed by atoms with Crippen LogP contribution in [-0.4, -0.2) is 6.04 Å². The number of benzene rings is 1. The maximum absolute atomic E-state index is 13.1. The Balaban J connectivity index is 1.67. The summed E-state index contributed by atoms with van der Waals surface area (Å²) in [6.45, 7) is 0. The molecule has 3 unspecified atom stereocenters. The molecule has 1 aromatic carbocycles. The van der Waals surface area contributed by atoms with E-state index in [0.717, 1.165) is 23.8 Å². The average molecular weight is 269 g/mol. The Morgan fingerprint density at radius 3 is 2.67 bits per heavy atom. The van der Waals surface area contributed by atoms with E-state index in [-0.39, 0.29) is 16.9 Å². The molecular formula is C14H18ClFN2. The Hall–Kier alpha value is -0.640. The van der Waals surface area contributed by atoms with Crippen molar-refractivity contribution in [3.8, 4) is 0 Å². The molecule has 2 fully saturated rings. The number of hydrogen-bond donors (Lipinski definition) is 2. The molecule has 0 bridgehead atoms. The van der Waals surface area contributed by atoms with Crippen molar-refractivity contribution >= 4 is 11.6 Å². The van der Waals surface area contributed by atoms with Gasteiger partial charge in [-0.15, -0.1) is 0 Å². The molecule has 0 aromatic heterocycles. The summed E-state index contributed by atoms with van der Waals surface area (Å²) >= 11 is 5.80. The lowest BCUT2D eigenvalue weighted by atomic mass is 9.90. The molecule has 2 aliphatic carbocycles. The molecule has 3 N–H and O–H groups in total. The van der Waals surface area contributed by atoms with E-state index in [9.17, 15) is 4.39 Å². The first-order valence-electron chi connectivity index (χ1n) is 6.57. The van der Waals surface area contributed by atoms with Crippen molar-refractivity contribution in [2.24, 2.45) is 23.6 Å². The molecule has 98 valence electrons. The minimum Gasteiger partial charge on any atom is -0.271 e. The van der Waals surface area contributed by atoms with Gasteiger partial charge in [0, 0.05) is 6.04 Å². The third kappa shape index (κ3) is 2.40. The summed E-state index contributed by atoms with van der Waals surface area (Å²) in [5.74, 6) is 7.86. The van der Waals surface area contributed by atoms with E-state index >= 15 is 0 Å². The average Bonchev–Trinajstić information content (AvgIpc) is 2.97. The van der Waals surface area contributed by atoms with Gasteiger partial charge in [0.25, 0.3) is 0 Å². The standard InChI is InChI=1S/C14H18ClFN2/c15-12-3-8(1-2-13(12)16)4-14(18-17)11-6-9-5-10(9)7-11/h1-3,9-11,14,18H,4-7,17H2. The van der Waals surface area contributed by atoms with Crippen molar-refractivity contribution in [2.75, 3.05) is 0 Å². The first kappa shape index (κ1) is 12.4. The number of fused-ring (bicyclic) bond motifs is 1. The summed E-state index contributed by atoms with van der Waals surface area (Å²) in [5.41, 5.74) is 3.98. The predicted octanol–water partition coefficient (Wildman–Crippen LogP) is 2.90. The van der Waals surface area contributed by atoms with E-state index in [4.69, 9.17) is 17.4 Å². The van der Waals surface area contributed by atoms with Crippen molar-refractivity contribution in [1.82, 2.24) is 5.43 Å². The number of nitrogens with one attached hydrogen (secondary N) is 1. The van der Waals surface area contributed by atoms with E-state index in [1.165, 1.54) is 25.3 Å². The van der Waals surface area contributed by atoms with Crippen LogP contribution in [0.1, 0.15) is 24.8 Å². The number of nitrogens with two attached hydrogens (primary N) is 1. The molecular weight excluding hydrogens is 251 g/mol. The van der Waals surface area contributed by atoms with Crippen LogP contribution in [0.3, 0.4) is 0 Å². The van der Waals surface area contributed by atoms with Crippen LogP contribution in [0.25, 0.3) is 0 Å². The normalized spacial score (nSPS) is 31.2. The Morgan fingerprint density at radius 1 is 1.33 bits per heavy atom. The molecule has 2 saturated carbocycles. The molecule has 2 aliphatic rings. The van der Waals surface area contributed by atoms with Gasteiger partial charge in [0.2, 0.25) is 0 Å². The highest BCUT2D eigenvalue weighted by Crippen LogP contribution is 2.55. The number of halogens is 2. The van der Waals surface area contributed by atoms with Gasteiger partial charge in [-0.3, -0.25) is 11.3 Å². The summed E-state index contributed by atoms with van der Waals surface area (Å²) in [5, 5.41) is 0.192. The fraction of sp³-hybridized carbons (Fsp3) is 0.571. The quantitative estimate of drug-likeness (QED) is 0.651. The molecule has 3 atom stereocenters. The SMILES string of the molecule is NNC(Cc1ccc(F)c(Cl)c1)C1CC2CC2C1. The Morgan fingerprint density at radius 2 is 2.06 bits per heavy atom. The van der Waals surface area contributed by atoms with Gasteiger partial charge in [0.1, 0.15) is 5.82 Å². The number of rotatable bonds is 4. The van der Waals surface area contributed by atoms with Crippen molar-refractivity contribution < 1.29 is 4.39 Å². The van der Waals surface area contributed by atoms with Gasteiger partial charge in [-0.05, 0) is 61.1 Å². The van der Waals surface area contributed by atoms with Crippen LogP contribution >= 0.6 is 11.6 Å². The molecule has 1 aromatic rings. The summed E-state index contributed by atoms with van der Waals surface area (Å²) in [7, 11) is 0. The van der Waals surface area contributed by atoms with E-state index in [1.807, 2.05) is 0 Å². The van der Waals surface area contributed by atoms with Gasteiger partial charge >= 0.3 is 0 Å². The second kappa shape index (κ2) is 4.80. The molecule has 4 heteroatoms. The Kier molecular flexibility index (Phi) is 3.31. The second-order valence-corrected chi connectivity index (χ2v) is 6.12. The Bertz CT molecular complexity index is 441. The van der Waals surface area contributed by atoms with E-state index in [0.29, 0.717) is 5.92 Å². The molecule has 0 saturated heterocycles. The smallest absolute Gasteiger partial charge is 0.141 e. The van der Waals surface area contributed by atoms with Gasteiger partial charge in [-0.2, -0.15) is 0 Å². The van der Waals surface area contributed by atoms with Gasteiger partial charge in [0.15, 0.2) is 0 Å². The molecule has 3 rings (SSSR count). The topological polar surface area (TPSA) is 38.0 Å². The van der Waals surface area contributed by atoms with Crippen molar-refractivity contribution in [3.05, 3.63) is 34.6 Å². The monoisotopic (exact) mass is 268 g/mol. The summed E-state index contributed by atoms with van der Waals surface area (Å²) < 4.78 is 13.1. The van der Waals surface area contributed by atoms with Gasteiger partial charge in [-0.1, -0.05) is 17.7 Å². The zero-order valence-corrected chi connectivity index (χ0v) is 11.0. The fourth-order valence-electron chi connectivity index (χ4n) is 3.37. The molecule has 0 aliphatic heterocycles. The van der Waals surface area contributed by atoms with E-state index in [2.05, 4.69) is 5.43 Å². The highest BCUT2D eigenvalue weighted by Gasteiger charge is 2.47. The van der Waals surface area contributed by atoms with Crippen molar-refractivity contribution in [1.29, 1.82) is 0 Å². The van der Waals surface area contributed by atoms with Crippen LogP contribution in [-0.2, 0) is 6.42 Å².